The molecule has 0 aromatic rings. The zero-order valence-electron chi connectivity index (χ0n) is 10.6. The summed E-state index contributed by atoms with van der Waals surface area (Å²) in [6, 6.07) is 0. The molecule has 1 saturated heterocycles. The highest BCUT2D eigenvalue weighted by Crippen LogP contribution is 2.39. The van der Waals surface area contributed by atoms with Crippen molar-refractivity contribution in [2.45, 2.75) is 50.6 Å². The smallest absolute Gasteiger partial charge is 0.248 e. The summed E-state index contributed by atoms with van der Waals surface area (Å²) in [4.78, 5) is 26.5. The highest BCUT2D eigenvalue weighted by Gasteiger charge is 2.55. The molecule has 1 saturated carbocycles. The number of hydrogen-bond acceptors (Lipinski definition) is 2. The van der Waals surface area contributed by atoms with Gasteiger partial charge in [-0.1, -0.05) is 18.9 Å². The summed E-state index contributed by atoms with van der Waals surface area (Å²) in [5.41, 5.74) is -1.41. The Hall–Kier alpha value is -1.32. The maximum Gasteiger partial charge on any atom is 0.248 e. The Kier molecular flexibility index (Phi) is 2.76. The molecule has 17 heavy (non-hydrogen) atoms. The van der Waals surface area contributed by atoms with Crippen molar-refractivity contribution < 1.29 is 9.59 Å². The first-order chi connectivity index (χ1) is 7.94. The summed E-state index contributed by atoms with van der Waals surface area (Å²) in [6.07, 6.45) is 5.26. The number of nitrogens with zero attached hydrogens (tertiary/aromatic N) is 1. The maximum atomic E-state index is 12.4. The fourth-order valence-corrected chi connectivity index (χ4v) is 2.95. The predicted molar refractivity (Wildman–Crippen MR) is 65.3 cm³/mol. The number of piperazine rings is 1. The van der Waals surface area contributed by atoms with Gasteiger partial charge in [0.1, 0.15) is 11.1 Å². The van der Waals surface area contributed by atoms with Crippen LogP contribution in [0, 0.1) is 0 Å². The Balaban J connectivity index is 2.40. The zero-order chi connectivity index (χ0) is 12.7. The molecule has 2 rings (SSSR count). The molecule has 1 N–H and O–H groups in total. The van der Waals surface area contributed by atoms with Gasteiger partial charge in [0, 0.05) is 6.54 Å². The van der Waals surface area contributed by atoms with E-state index < -0.39 is 11.1 Å². The number of amides is 2. The number of rotatable bonds is 2. The first kappa shape index (κ1) is 12.1. The van der Waals surface area contributed by atoms with Crippen molar-refractivity contribution in [3.63, 3.8) is 0 Å². The van der Waals surface area contributed by atoms with E-state index in [1.165, 1.54) is 0 Å². The van der Waals surface area contributed by atoms with Gasteiger partial charge >= 0.3 is 0 Å². The van der Waals surface area contributed by atoms with Gasteiger partial charge in [0.05, 0.1) is 0 Å². The molecule has 0 unspecified atom stereocenters. The number of carbonyl (C=O) groups excluding carboxylic acids is 2. The van der Waals surface area contributed by atoms with Gasteiger partial charge in [-0.2, -0.15) is 0 Å². The molecule has 1 spiro atoms. The van der Waals surface area contributed by atoms with Crippen LogP contribution >= 0.6 is 0 Å². The number of carbonyl (C=O) groups is 2. The molecule has 0 aromatic carbocycles. The summed E-state index contributed by atoms with van der Waals surface area (Å²) in [5.74, 6) is 0.000324. The van der Waals surface area contributed by atoms with Crippen LogP contribution < -0.4 is 5.32 Å². The van der Waals surface area contributed by atoms with Gasteiger partial charge in [-0.25, -0.2) is 0 Å². The lowest BCUT2D eigenvalue weighted by molar-refractivity contribution is -0.160. The number of nitrogens with one attached hydrogen (secondary N) is 1. The third-order valence-electron chi connectivity index (χ3n) is 3.89. The van der Waals surface area contributed by atoms with Crippen LogP contribution in [0.3, 0.4) is 0 Å². The maximum absolute atomic E-state index is 12.4. The van der Waals surface area contributed by atoms with E-state index in [9.17, 15) is 9.59 Å². The Morgan fingerprint density at radius 2 is 1.94 bits per heavy atom. The second kappa shape index (κ2) is 3.86. The molecule has 4 nitrogen and oxygen atoms in total. The SMILES string of the molecule is C=CCN1C(=O)C(C)(C)NC(=O)C12CCCC2. The van der Waals surface area contributed by atoms with Gasteiger partial charge < -0.3 is 10.2 Å². The van der Waals surface area contributed by atoms with Crippen molar-refractivity contribution in [3.8, 4) is 0 Å². The van der Waals surface area contributed by atoms with Crippen LogP contribution in [-0.2, 0) is 9.59 Å². The van der Waals surface area contributed by atoms with Crippen LogP contribution in [0.25, 0.3) is 0 Å². The largest absolute Gasteiger partial charge is 0.340 e. The molecule has 0 bridgehead atoms. The summed E-state index contributed by atoms with van der Waals surface area (Å²) in [6.45, 7) is 7.66. The van der Waals surface area contributed by atoms with E-state index in [0.717, 1.165) is 25.7 Å². The fourth-order valence-electron chi connectivity index (χ4n) is 2.95. The van der Waals surface area contributed by atoms with E-state index in [4.69, 9.17) is 0 Å². The molecular formula is C13H20N2O2. The molecule has 4 heteroatoms. The van der Waals surface area contributed by atoms with Gasteiger partial charge in [0.25, 0.3) is 0 Å². The Bertz CT molecular complexity index is 368. The molecule has 2 amide bonds. The summed E-state index contributed by atoms with van der Waals surface area (Å²) >= 11 is 0. The quantitative estimate of drug-likeness (QED) is 0.733. The average Bonchev–Trinajstić information content (AvgIpc) is 2.72. The number of hydrogen-bond donors (Lipinski definition) is 1. The monoisotopic (exact) mass is 236 g/mol. The predicted octanol–water partition coefficient (Wildman–Crippen LogP) is 1.22. The fraction of sp³-hybridized carbons (Fsp3) is 0.692. The van der Waals surface area contributed by atoms with Gasteiger partial charge in [0.2, 0.25) is 11.8 Å². The molecule has 1 aliphatic carbocycles. The zero-order valence-corrected chi connectivity index (χ0v) is 10.6. The molecule has 0 atom stereocenters. The van der Waals surface area contributed by atoms with Crippen LogP contribution in [0.15, 0.2) is 12.7 Å². The van der Waals surface area contributed by atoms with Crippen LogP contribution in [0.4, 0.5) is 0 Å². The summed E-state index contributed by atoms with van der Waals surface area (Å²) in [7, 11) is 0. The van der Waals surface area contributed by atoms with Gasteiger partial charge in [-0.15, -0.1) is 6.58 Å². The van der Waals surface area contributed by atoms with Crippen molar-refractivity contribution >= 4 is 11.8 Å². The van der Waals surface area contributed by atoms with Crippen molar-refractivity contribution in [1.29, 1.82) is 0 Å². The second-order valence-corrected chi connectivity index (χ2v) is 5.52. The minimum atomic E-state index is -0.798. The standard InChI is InChI=1S/C13H20N2O2/c1-4-9-15-11(17)12(2,3)14-10(16)13(15)7-5-6-8-13/h4H,1,5-9H2,2-3H3,(H,14,16). The molecule has 0 radical (unpaired) electrons. The molecular weight excluding hydrogens is 216 g/mol. The van der Waals surface area contributed by atoms with Crippen molar-refractivity contribution in [3.05, 3.63) is 12.7 Å². The normalized spacial score (nSPS) is 26.1. The van der Waals surface area contributed by atoms with E-state index in [2.05, 4.69) is 11.9 Å². The summed E-state index contributed by atoms with van der Waals surface area (Å²) < 4.78 is 0. The lowest BCUT2D eigenvalue weighted by atomic mass is 9.85. The van der Waals surface area contributed by atoms with Crippen LogP contribution in [0.2, 0.25) is 0 Å². The van der Waals surface area contributed by atoms with Crippen molar-refractivity contribution in [2.24, 2.45) is 0 Å². The molecule has 1 aliphatic heterocycles. The van der Waals surface area contributed by atoms with Gasteiger partial charge in [-0.05, 0) is 26.7 Å². The highest BCUT2D eigenvalue weighted by atomic mass is 16.2. The molecule has 0 aromatic heterocycles. The van der Waals surface area contributed by atoms with Gasteiger partial charge in [0.15, 0.2) is 0 Å². The minimum Gasteiger partial charge on any atom is -0.340 e. The van der Waals surface area contributed by atoms with E-state index in [1.54, 1.807) is 24.8 Å². The van der Waals surface area contributed by atoms with E-state index in [-0.39, 0.29) is 11.8 Å². The molecule has 1 heterocycles. The Morgan fingerprint density at radius 3 is 2.47 bits per heavy atom. The van der Waals surface area contributed by atoms with Crippen molar-refractivity contribution in [2.75, 3.05) is 6.54 Å². The first-order valence-electron chi connectivity index (χ1n) is 6.20. The lowest BCUT2D eigenvalue weighted by Gasteiger charge is -2.49. The summed E-state index contributed by atoms with van der Waals surface area (Å²) in [5, 5.41) is 2.86. The van der Waals surface area contributed by atoms with Crippen LogP contribution in [0.5, 0.6) is 0 Å². The third-order valence-corrected chi connectivity index (χ3v) is 3.89. The highest BCUT2D eigenvalue weighted by molar-refractivity contribution is 6.02. The van der Waals surface area contributed by atoms with Crippen LogP contribution in [0.1, 0.15) is 39.5 Å². The van der Waals surface area contributed by atoms with E-state index in [0.29, 0.717) is 6.54 Å². The van der Waals surface area contributed by atoms with E-state index >= 15 is 0 Å². The van der Waals surface area contributed by atoms with E-state index in [1.807, 2.05) is 0 Å². The molecule has 2 fully saturated rings. The molecule has 94 valence electrons. The molecule has 2 aliphatic rings. The van der Waals surface area contributed by atoms with Gasteiger partial charge in [-0.3, -0.25) is 9.59 Å². The first-order valence-corrected chi connectivity index (χ1v) is 6.20. The topological polar surface area (TPSA) is 49.4 Å². The Labute approximate surface area is 102 Å². The second-order valence-electron chi connectivity index (χ2n) is 5.52. The Morgan fingerprint density at radius 1 is 1.35 bits per heavy atom. The van der Waals surface area contributed by atoms with Crippen molar-refractivity contribution in [1.82, 2.24) is 10.2 Å². The lowest BCUT2D eigenvalue weighted by Crippen LogP contribution is -2.73. The third kappa shape index (κ3) is 1.66. The van der Waals surface area contributed by atoms with Crippen LogP contribution in [-0.4, -0.2) is 34.3 Å². The minimum absolute atomic E-state index is 0.00102. The average molecular weight is 236 g/mol.